The van der Waals surface area contributed by atoms with Crippen LogP contribution < -0.4 is 4.18 Å². The Kier molecular flexibility index (Phi) is 4.40. The molecule has 0 aromatic heterocycles. The highest BCUT2D eigenvalue weighted by Crippen LogP contribution is 2.17. The van der Waals surface area contributed by atoms with Gasteiger partial charge in [-0.15, -0.1) is 0 Å². The van der Waals surface area contributed by atoms with Crippen LogP contribution in [0, 0.1) is 0 Å². The highest BCUT2D eigenvalue weighted by molar-refractivity contribution is 7.97. The first-order valence-electron chi connectivity index (χ1n) is 3.65. The van der Waals surface area contributed by atoms with Crippen molar-refractivity contribution in [2.75, 3.05) is 12.5 Å². The van der Waals surface area contributed by atoms with Crippen LogP contribution in [0.5, 0.6) is 5.75 Å². The summed E-state index contributed by atoms with van der Waals surface area (Å²) in [5.41, 5.74) is 1.34. The van der Waals surface area contributed by atoms with Gasteiger partial charge in [-0.2, -0.15) is 11.8 Å². The van der Waals surface area contributed by atoms with Gasteiger partial charge < -0.3 is 4.18 Å². The van der Waals surface area contributed by atoms with E-state index >= 15 is 0 Å². The van der Waals surface area contributed by atoms with E-state index in [1.807, 2.05) is 30.2 Å². The molecule has 1 rings (SSSR count). The molecule has 1 aromatic rings. The maximum atomic E-state index is 5.25. The highest BCUT2D eigenvalue weighted by atomic mass is 32.2. The summed E-state index contributed by atoms with van der Waals surface area (Å²) in [6.45, 7) is 0. The highest BCUT2D eigenvalue weighted by Gasteiger charge is 1.93. The third-order valence-electron chi connectivity index (χ3n) is 1.41. The Bertz CT molecular complexity index is 195. The molecular formula is C9H12OS2. The lowest BCUT2D eigenvalue weighted by atomic mass is 10.2. The third-order valence-corrected chi connectivity index (χ3v) is 2.40. The molecule has 1 nitrogen and oxygen atoms in total. The fourth-order valence-corrected chi connectivity index (χ4v) is 1.73. The Morgan fingerprint density at radius 1 is 1.17 bits per heavy atom. The van der Waals surface area contributed by atoms with Gasteiger partial charge in [0, 0.05) is 12.0 Å². The van der Waals surface area contributed by atoms with Crippen LogP contribution in [0.1, 0.15) is 5.56 Å². The summed E-state index contributed by atoms with van der Waals surface area (Å²) >= 11 is 3.20. The van der Waals surface area contributed by atoms with Gasteiger partial charge in [-0.25, -0.2) is 0 Å². The predicted octanol–water partition coefficient (Wildman–Crippen LogP) is 3.21. The molecular weight excluding hydrogens is 188 g/mol. The maximum Gasteiger partial charge on any atom is 0.137 e. The van der Waals surface area contributed by atoms with E-state index in [0.717, 1.165) is 11.5 Å². The van der Waals surface area contributed by atoms with Crippen molar-refractivity contribution in [2.45, 2.75) is 5.75 Å². The van der Waals surface area contributed by atoms with Crippen molar-refractivity contribution in [3.8, 4) is 5.75 Å². The largest absolute Gasteiger partial charge is 0.426 e. The molecule has 0 aliphatic rings. The standard InChI is InChI=1S/C9H12OS2/c1-11-7-8-3-5-9(6-4-8)10-12-2/h3-6H,7H2,1-2H3. The Hall–Kier alpha value is -0.280. The Labute approximate surface area is 82.1 Å². The zero-order valence-corrected chi connectivity index (χ0v) is 8.87. The summed E-state index contributed by atoms with van der Waals surface area (Å²) in [5, 5.41) is 0. The SMILES string of the molecule is CSCc1ccc(OSC)cc1. The van der Waals surface area contributed by atoms with Crippen molar-refractivity contribution < 1.29 is 4.18 Å². The normalized spacial score (nSPS) is 9.83. The second kappa shape index (κ2) is 5.38. The molecule has 1 aromatic carbocycles. The van der Waals surface area contributed by atoms with Gasteiger partial charge in [0.15, 0.2) is 0 Å². The summed E-state index contributed by atoms with van der Waals surface area (Å²) in [5.74, 6) is 1.99. The Morgan fingerprint density at radius 3 is 2.33 bits per heavy atom. The fraction of sp³-hybridized carbons (Fsp3) is 0.333. The van der Waals surface area contributed by atoms with Gasteiger partial charge in [0.1, 0.15) is 5.75 Å². The molecule has 0 atom stereocenters. The van der Waals surface area contributed by atoms with Crippen LogP contribution in [0.3, 0.4) is 0 Å². The minimum absolute atomic E-state index is 0.923. The molecule has 0 saturated heterocycles. The van der Waals surface area contributed by atoms with Gasteiger partial charge in [0.25, 0.3) is 0 Å². The van der Waals surface area contributed by atoms with Crippen LogP contribution >= 0.6 is 23.8 Å². The lowest BCUT2D eigenvalue weighted by Crippen LogP contribution is -1.81. The van der Waals surface area contributed by atoms with E-state index < -0.39 is 0 Å². The molecule has 0 radical (unpaired) electrons. The van der Waals surface area contributed by atoms with Crippen LogP contribution in [0.4, 0.5) is 0 Å². The van der Waals surface area contributed by atoms with E-state index in [1.165, 1.54) is 17.6 Å². The average molecular weight is 200 g/mol. The summed E-state index contributed by atoms with van der Waals surface area (Å²) in [4.78, 5) is 0. The molecule has 0 spiro atoms. The average Bonchev–Trinajstić information content (AvgIpc) is 2.09. The van der Waals surface area contributed by atoms with E-state index in [4.69, 9.17) is 4.18 Å². The molecule has 0 amide bonds. The van der Waals surface area contributed by atoms with Crippen molar-refractivity contribution in [3.05, 3.63) is 29.8 Å². The number of benzene rings is 1. The number of hydrogen-bond donors (Lipinski definition) is 0. The van der Waals surface area contributed by atoms with Crippen molar-refractivity contribution in [3.63, 3.8) is 0 Å². The van der Waals surface area contributed by atoms with E-state index in [9.17, 15) is 0 Å². The van der Waals surface area contributed by atoms with Crippen molar-refractivity contribution in [1.29, 1.82) is 0 Å². The molecule has 0 heterocycles. The first-order valence-corrected chi connectivity index (χ1v) is 6.19. The van der Waals surface area contributed by atoms with E-state index in [1.54, 1.807) is 0 Å². The lowest BCUT2D eigenvalue weighted by Gasteiger charge is -2.01. The van der Waals surface area contributed by atoms with Crippen molar-refractivity contribution in [2.24, 2.45) is 0 Å². The van der Waals surface area contributed by atoms with Gasteiger partial charge in [-0.3, -0.25) is 0 Å². The zero-order chi connectivity index (χ0) is 8.81. The van der Waals surface area contributed by atoms with Crippen LogP contribution in [-0.2, 0) is 5.75 Å². The van der Waals surface area contributed by atoms with Gasteiger partial charge >= 0.3 is 0 Å². The molecule has 66 valence electrons. The van der Waals surface area contributed by atoms with Crippen LogP contribution in [0.2, 0.25) is 0 Å². The summed E-state index contributed by atoms with van der Waals surface area (Å²) < 4.78 is 5.25. The second-order valence-corrected chi connectivity index (χ2v) is 3.69. The molecule has 0 aliphatic carbocycles. The number of thioether (sulfide) groups is 1. The minimum atomic E-state index is 0.923. The Morgan fingerprint density at radius 2 is 1.83 bits per heavy atom. The van der Waals surface area contributed by atoms with Gasteiger partial charge in [0.2, 0.25) is 0 Å². The first kappa shape index (κ1) is 9.81. The molecule has 0 bridgehead atoms. The fourth-order valence-electron chi connectivity index (χ4n) is 0.904. The summed E-state index contributed by atoms with van der Waals surface area (Å²) in [6, 6.07) is 8.20. The minimum Gasteiger partial charge on any atom is -0.426 e. The predicted molar refractivity (Wildman–Crippen MR) is 57.8 cm³/mol. The molecule has 0 N–H and O–H groups in total. The van der Waals surface area contributed by atoms with Crippen LogP contribution in [0.15, 0.2) is 24.3 Å². The second-order valence-electron chi connectivity index (χ2n) is 2.33. The van der Waals surface area contributed by atoms with E-state index in [0.29, 0.717) is 0 Å². The van der Waals surface area contributed by atoms with E-state index in [2.05, 4.69) is 18.4 Å². The van der Waals surface area contributed by atoms with E-state index in [-0.39, 0.29) is 0 Å². The number of rotatable bonds is 4. The van der Waals surface area contributed by atoms with Crippen molar-refractivity contribution in [1.82, 2.24) is 0 Å². The summed E-state index contributed by atoms with van der Waals surface area (Å²) in [7, 11) is 0. The molecule has 0 aliphatic heterocycles. The van der Waals surface area contributed by atoms with Crippen molar-refractivity contribution >= 4 is 23.8 Å². The first-order chi connectivity index (χ1) is 5.86. The molecule has 12 heavy (non-hydrogen) atoms. The molecule has 0 unspecified atom stereocenters. The number of hydrogen-bond acceptors (Lipinski definition) is 3. The van der Waals surface area contributed by atoms with Gasteiger partial charge in [-0.1, -0.05) is 12.1 Å². The lowest BCUT2D eigenvalue weighted by molar-refractivity contribution is 0.650. The monoisotopic (exact) mass is 200 g/mol. The maximum absolute atomic E-state index is 5.25. The van der Waals surface area contributed by atoms with Gasteiger partial charge in [0.05, 0.1) is 12.0 Å². The molecule has 3 heteroatoms. The molecule has 0 fully saturated rings. The zero-order valence-electron chi connectivity index (χ0n) is 7.24. The van der Waals surface area contributed by atoms with Crippen LogP contribution in [-0.4, -0.2) is 12.5 Å². The quantitative estimate of drug-likeness (QED) is 0.691. The van der Waals surface area contributed by atoms with Gasteiger partial charge in [-0.05, 0) is 24.0 Å². The molecule has 0 saturated carbocycles. The Balaban J connectivity index is 2.58. The third kappa shape index (κ3) is 2.99. The summed E-state index contributed by atoms with van der Waals surface area (Å²) in [6.07, 6.45) is 4.02. The van der Waals surface area contributed by atoms with Crippen LogP contribution in [0.25, 0.3) is 0 Å². The smallest absolute Gasteiger partial charge is 0.137 e. The topological polar surface area (TPSA) is 9.23 Å².